The Bertz CT molecular complexity index is 707. The molecule has 2 heterocycles. The molecule has 1 aliphatic carbocycles. The van der Waals surface area contributed by atoms with Crippen molar-refractivity contribution >= 4 is 5.69 Å². The van der Waals surface area contributed by atoms with E-state index in [-0.39, 0.29) is 0 Å². The molecule has 0 aliphatic heterocycles. The second-order valence-electron chi connectivity index (χ2n) is 5.42. The predicted octanol–water partition coefficient (Wildman–Crippen LogP) is 3.22. The molecular formula is C16H17N5. The van der Waals surface area contributed by atoms with Crippen molar-refractivity contribution in [1.82, 2.24) is 19.5 Å². The molecule has 1 saturated carbocycles. The van der Waals surface area contributed by atoms with Gasteiger partial charge in [0.15, 0.2) is 0 Å². The number of aromatic nitrogens is 4. The molecule has 2 aromatic heterocycles. The van der Waals surface area contributed by atoms with E-state index in [9.17, 15) is 0 Å². The monoisotopic (exact) mass is 279 g/mol. The van der Waals surface area contributed by atoms with Gasteiger partial charge in [-0.1, -0.05) is 12.1 Å². The van der Waals surface area contributed by atoms with Gasteiger partial charge in [0, 0.05) is 17.9 Å². The molecule has 3 aromatic rings. The Hall–Kier alpha value is -2.56. The SMILES string of the molecule is c1ncc(-c2ccc(NCc3cncn3C3CC3)cc2)[nH]1. The Labute approximate surface area is 123 Å². The molecular weight excluding hydrogens is 262 g/mol. The first-order valence-corrected chi connectivity index (χ1v) is 7.23. The van der Waals surface area contributed by atoms with Crippen LogP contribution < -0.4 is 5.32 Å². The van der Waals surface area contributed by atoms with E-state index in [1.165, 1.54) is 18.5 Å². The maximum absolute atomic E-state index is 4.26. The quantitative estimate of drug-likeness (QED) is 0.754. The maximum atomic E-state index is 4.26. The first-order chi connectivity index (χ1) is 10.4. The molecule has 0 amide bonds. The average Bonchev–Trinajstić information content (AvgIpc) is 3.04. The molecule has 0 unspecified atom stereocenters. The number of aromatic amines is 1. The summed E-state index contributed by atoms with van der Waals surface area (Å²) in [5, 5.41) is 3.46. The standard InChI is InChI=1S/C16H17N5/c1-3-13(4-2-12(1)16-9-17-10-20-16)19-8-15-7-18-11-21(15)14-5-6-14/h1-4,7,9-11,14,19H,5-6,8H2,(H,17,20). The lowest BCUT2D eigenvalue weighted by atomic mass is 10.1. The lowest BCUT2D eigenvalue weighted by Crippen LogP contribution is -2.05. The zero-order valence-corrected chi connectivity index (χ0v) is 11.7. The van der Waals surface area contributed by atoms with E-state index in [2.05, 4.69) is 49.1 Å². The van der Waals surface area contributed by atoms with Crippen molar-refractivity contribution in [1.29, 1.82) is 0 Å². The van der Waals surface area contributed by atoms with Crippen LogP contribution in [0.5, 0.6) is 0 Å². The van der Waals surface area contributed by atoms with Crippen molar-refractivity contribution in [2.75, 3.05) is 5.32 Å². The van der Waals surface area contributed by atoms with Crippen LogP contribution in [0.4, 0.5) is 5.69 Å². The van der Waals surface area contributed by atoms with Gasteiger partial charge in [0.1, 0.15) is 0 Å². The van der Waals surface area contributed by atoms with Gasteiger partial charge in [-0.25, -0.2) is 9.97 Å². The third kappa shape index (κ3) is 2.54. The molecule has 0 radical (unpaired) electrons. The van der Waals surface area contributed by atoms with E-state index in [0.29, 0.717) is 6.04 Å². The predicted molar refractivity (Wildman–Crippen MR) is 81.8 cm³/mol. The summed E-state index contributed by atoms with van der Waals surface area (Å²) in [4.78, 5) is 11.4. The van der Waals surface area contributed by atoms with Crippen molar-refractivity contribution in [3.05, 3.63) is 55.0 Å². The normalized spacial score (nSPS) is 14.3. The van der Waals surface area contributed by atoms with Crippen LogP contribution in [0.15, 0.2) is 49.3 Å². The topological polar surface area (TPSA) is 58.5 Å². The second-order valence-corrected chi connectivity index (χ2v) is 5.42. The first kappa shape index (κ1) is 12.2. The van der Waals surface area contributed by atoms with Crippen molar-refractivity contribution in [2.24, 2.45) is 0 Å². The minimum atomic E-state index is 0.673. The Morgan fingerprint density at radius 2 is 2.00 bits per heavy atom. The van der Waals surface area contributed by atoms with Crippen molar-refractivity contribution < 1.29 is 0 Å². The zero-order chi connectivity index (χ0) is 14.1. The lowest BCUT2D eigenvalue weighted by molar-refractivity contribution is 0.701. The number of anilines is 1. The largest absolute Gasteiger partial charge is 0.379 e. The summed E-state index contributed by atoms with van der Waals surface area (Å²) in [5.41, 5.74) is 4.53. The zero-order valence-electron chi connectivity index (χ0n) is 11.7. The van der Waals surface area contributed by atoms with Gasteiger partial charge in [-0.05, 0) is 30.5 Å². The van der Waals surface area contributed by atoms with E-state index >= 15 is 0 Å². The molecule has 0 atom stereocenters. The molecule has 2 N–H and O–H groups in total. The van der Waals surface area contributed by atoms with Crippen LogP contribution in [0.3, 0.4) is 0 Å². The Morgan fingerprint density at radius 1 is 1.14 bits per heavy atom. The number of hydrogen-bond acceptors (Lipinski definition) is 3. The Balaban J connectivity index is 1.44. The van der Waals surface area contributed by atoms with Gasteiger partial charge in [0.2, 0.25) is 0 Å². The van der Waals surface area contributed by atoms with Crippen LogP contribution in [-0.2, 0) is 6.54 Å². The first-order valence-electron chi connectivity index (χ1n) is 7.23. The van der Waals surface area contributed by atoms with Crippen LogP contribution in [-0.4, -0.2) is 19.5 Å². The van der Waals surface area contributed by atoms with E-state index in [1.54, 1.807) is 6.33 Å². The molecule has 1 aliphatic rings. The van der Waals surface area contributed by atoms with Crippen molar-refractivity contribution in [3.8, 4) is 11.3 Å². The summed E-state index contributed by atoms with van der Waals surface area (Å²) in [7, 11) is 0. The molecule has 5 heteroatoms. The van der Waals surface area contributed by atoms with Gasteiger partial charge in [-0.3, -0.25) is 0 Å². The highest BCUT2D eigenvalue weighted by atomic mass is 15.1. The minimum absolute atomic E-state index is 0.673. The van der Waals surface area contributed by atoms with E-state index in [4.69, 9.17) is 0 Å². The minimum Gasteiger partial charge on any atom is -0.379 e. The molecule has 4 rings (SSSR count). The van der Waals surface area contributed by atoms with Crippen LogP contribution in [0.25, 0.3) is 11.3 Å². The Kier molecular flexibility index (Phi) is 2.96. The third-order valence-corrected chi connectivity index (χ3v) is 3.85. The van der Waals surface area contributed by atoms with Gasteiger partial charge in [-0.15, -0.1) is 0 Å². The molecule has 0 bridgehead atoms. The highest BCUT2D eigenvalue weighted by Gasteiger charge is 2.24. The smallest absolute Gasteiger partial charge is 0.0951 e. The molecule has 5 nitrogen and oxygen atoms in total. The molecule has 106 valence electrons. The fourth-order valence-corrected chi connectivity index (χ4v) is 2.52. The number of rotatable bonds is 5. The van der Waals surface area contributed by atoms with Gasteiger partial charge in [-0.2, -0.15) is 0 Å². The van der Waals surface area contributed by atoms with Crippen LogP contribution in [0.2, 0.25) is 0 Å². The van der Waals surface area contributed by atoms with E-state index in [1.807, 2.05) is 18.7 Å². The summed E-state index contributed by atoms with van der Waals surface area (Å²) in [6.07, 6.45) is 9.97. The summed E-state index contributed by atoms with van der Waals surface area (Å²) in [6, 6.07) is 9.04. The molecule has 0 spiro atoms. The number of benzene rings is 1. The summed E-state index contributed by atoms with van der Waals surface area (Å²) < 4.78 is 2.28. The average molecular weight is 279 g/mol. The van der Waals surface area contributed by atoms with Crippen LogP contribution >= 0.6 is 0 Å². The number of H-pyrrole nitrogens is 1. The van der Waals surface area contributed by atoms with Crippen LogP contribution in [0, 0.1) is 0 Å². The number of imidazole rings is 2. The Morgan fingerprint density at radius 3 is 2.71 bits per heavy atom. The van der Waals surface area contributed by atoms with Crippen molar-refractivity contribution in [3.63, 3.8) is 0 Å². The molecule has 0 saturated heterocycles. The number of nitrogens with zero attached hydrogens (tertiary/aromatic N) is 3. The highest BCUT2D eigenvalue weighted by Crippen LogP contribution is 2.35. The summed E-state index contributed by atoms with van der Waals surface area (Å²) in [5.74, 6) is 0. The summed E-state index contributed by atoms with van der Waals surface area (Å²) >= 11 is 0. The fraction of sp³-hybridized carbons (Fsp3) is 0.250. The fourth-order valence-electron chi connectivity index (χ4n) is 2.52. The van der Waals surface area contributed by atoms with Crippen LogP contribution in [0.1, 0.15) is 24.6 Å². The number of hydrogen-bond donors (Lipinski definition) is 2. The summed E-state index contributed by atoms with van der Waals surface area (Å²) in [6.45, 7) is 0.805. The van der Waals surface area contributed by atoms with Crippen molar-refractivity contribution in [2.45, 2.75) is 25.4 Å². The second kappa shape index (κ2) is 5.09. The van der Waals surface area contributed by atoms with Gasteiger partial charge >= 0.3 is 0 Å². The third-order valence-electron chi connectivity index (χ3n) is 3.85. The van der Waals surface area contributed by atoms with Gasteiger partial charge in [0.05, 0.1) is 36.8 Å². The number of nitrogens with one attached hydrogen (secondary N) is 2. The van der Waals surface area contributed by atoms with E-state index < -0.39 is 0 Å². The molecule has 1 aromatic carbocycles. The highest BCUT2D eigenvalue weighted by molar-refractivity contribution is 5.61. The van der Waals surface area contributed by atoms with Gasteiger partial charge in [0.25, 0.3) is 0 Å². The maximum Gasteiger partial charge on any atom is 0.0951 e. The molecule has 1 fully saturated rings. The molecule has 21 heavy (non-hydrogen) atoms. The lowest BCUT2D eigenvalue weighted by Gasteiger charge is -2.09. The van der Waals surface area contributed by atoms with Gasteiger partial charge < -0.3 is 14.9 Å². The van der Waals surface area contributed by atoms with E-state index in [0.717, 1.165) is 23.5 Å².